The van der Waals surface area contributed by atoms with Gasteiger partial charge in [0.05, 0.1) is 16.5 Å². The smallest absolute Gasteiger partial charge is 0.155 e. The zero-order valence-electron chi connectivity index (χ0n) is 9.52. The van der Waals surface area contributed by atoms with E-state index in [4.69, 9.17) is 12.2 Å². The summed E-state index contributed by atoms with van der Waals surface area (Å²) >= 11 is 9.76. The Labute approximate surface area is 126 Å². The molecule has 0 atom stereocenters. The van der Waals surface area contributed by atoms with Crippen molar-refractivity contribution in [3.05, 3.63) is 44.5 Å². The Kier molecular flexibility index (Phi) is 3.88. The maximum Gasteiger partial charge on any atom is 0.155 e. The van der Waals surface area contributed by atoms with Crippen LogP contribution in [0.2, 0.25) is 0 Å². The molecule has 4 rings (SSSR count). The number of para-hydroxylation sites is 2. The zero-order chi connectivity index (χ0) is 13.1. The fourth-order valence-corrected chi connectivity index (χ4v) is 4.04. The lowest BCUT2D eigenvalue weighted by molar-refractivity contribution is 1.43. The third-order valence-corrected chi connectivity index (χ3v) is 5.16. The maximum absolute atomic E-state index is 5.11. The Morgan fingerprint density at radius 2 is 1.58 bits per heavy atom. The SMILES string of the molecule is S=c1sc2nc3ccccc3nc2s1.c1cscn1. The average molecular weight is 321 g/mol. The van der Waals surface area contributed by atoms with Crippen molar-refractivity contribution in [3.63, 3.8) is 0 Å². The van der Waals surface area contributed by atoms with E-state index in [0.717, 1.165) is 23.8 Å². The molecule has 0 unspecified atom stereocenters. The Balaban J connectivity index is 0.000000187. The molecule has 0 amide bonds. The number of aromatic nitrogens is 3. The molecule has 4 aromatic rings. The Hall–Kier alpha value is -1.28. The van der Waals surface area contributed by atoms with Gasteiger partial charge in [-0.3, -0.25) is 4.98 Å². The van der Waals surface area contributed by atoms with E-state index in [1.807, 2.05) is 29.6 Å². The molecule has 0 saturated carbocycles. The van der Waals surface area contributed by atoms with Crippen LogP contribution in [0.4, 0.5) is 0 Å². The third-order valence-electron chi connectivity index (χ3n) is 2.22. The molecular formula is C12H7N3S4. The predicted molar refractivity (Wildman–Crippen MR) is 85.7 cm³/mol. The van der Waals surface area contributed by atoms with Gasteiger partial charge >= 0.3 is 0 Å². The minimum absolute atomic E-state index is 0.885. The quantitative estimate of drug-likeness (QED) is 0.437. The largest absolute Gasteiger partial charge is 0.253 e. The van der Waals surface area contributed by atoms with Gasteiger partial charge in [-0.1, -0.05) is 47.0 Å². The number of nitrogens with zero attached hydrogens (tertiary/aromatic N) is 3. The van der Waals surface area contributed by atoms with E-state index in [-0.39, 0.29) is 0 Å². The second-order valence-electron chi connectivity index (χ2n) is 3.45. The summed E-state index contributed by atoms with van der Waals surface area (Å²) in [5.74, 6) is 0. The first-order valence-electron chi connectivity index (χ1n) is 5.31. The van der Waals surface area contributed by atoms with Crippen LogP contribution in [0.1, 0.15) is 0 Å². The van der Waals surface area contributed by atoms with Crippen LogP contribution in [-0.2, 0) is 0 Å². The van der Waals surface area contributed by atoms with Crippen molar-refractivity contribution >= 4 is 66.9 Å². The molecule has 0 fully saturated rings. The highest BCUT2D eigenvalue weighted by Crippen LogP contribution is 2.26. The first-order valence-corrected chi connectivity index (χ1v) is 8.30. The number of thiazole rings is 1. The lowest BCUT2D eigenvalue weighted by Gasteiger charge is -1.93. The summed E-state index contributed by atoms with van der Waals surface area (Å²) in [7, 11) is 0. The summed E-state index contributed by atoms with van der Waals surface area (Å²) in [6.45, 7) is 0. The molecule has 0 aliphatic rings. The van der Waals surface area contributed by atoms with Crippen LogP contribution in [0.25, 0.3) is 20.7 Å². The topological polar surface area (TPSA) is 38.7 Å². The number of hydrogen-bond donors (Lipinski definition) is 0. The molecule has 3 heterocycles. The minimum atomic E-state index is 0.885. The normalized spacial score (nSPS) is 10.3. The summed E-state index contributed by atoms with van der Waals surface area (Å²) in [5.41, 5.74) is 3.66. The molecule has 94 valence electrons. The molecule has 0 N–H and O–H groups in total. The van der Waals surface area contributed by atoms with Crippen molar-refractivity contribution in [1.82, 2.24) is 15.0 Å². The van der Waals surface area contributed by atoms with E-state index in [1.165, 1.54) is 22.7 Å². The van der Waals surface area contributed by atoms with Crippen LogP contribution >= 0.6 is 46.2 Å². The van der Waals surface area contributed by atoms with Crippen molar-refractivity contribution in [2.24, 2.45) is 0 Å². The highest BCUT2D eigenvalue weighted by molar-refractivity contribution is 7.77. The lowest BCUT2D eigenvalue weighted by atomic mass is 10.3. The van der Waals surface area contributed by atoms with Crippen LogP contribution in [0.15, 0.2) is 41.4 Å². The first kappa shape index (κ1) is 12.7. The van der Waals surface area contributed by atoms with Crippen LogP contribution in [0, 0.1) is 3.14 Å². The molecule has 0 radical (unpaired) electrons. The van der Waals surface area contributed by atoms with Gasteiger partial charge < -0.3 is 0 Å². The predicted octanol–water partition coefficient (Wildman–Crippen LogP) is 4.78. The highest BCUT2D eigenvalue weighted by atomic mass is 32.2. The van der Waals surface area contributed by atoms with Gasteiger partial charge in [0.2, 0.25) is 0 Å². The van der Waals surface area contributed by atoms with Crippen LogP contribution in [0.5, 0.6) is 0 Å². The third kappa shape index (κ3) is 3.01. The van der Waals surface area contributed by atoms with Gasteiger partial charge in [-0.05, 0) is 12.1 Å². The van der Waals surface area contributed by atoms with Gasteiger partial charge in [-0.15, -0.1) is 11.3 Å². The van der Waals surface area contributed by atoms with Crippen LogP contribution in [0.3, 0.4) is 0 Å². The van der Waals surface area contributed by atoms with Gasteiger partial charge in [0.25, 0.3) is 0 Å². The second-order valence-corrected chi connectivity index (χ2v) is 7.39. The fraction of sp³-hybridized carbons (Fsp3) is 0. The highest BCUT2D eigenvalue weighted by Gasteiger charge is 2.03. The summed E-state index contributed by atoms with van der Waals surface area (Å²) in [6.07, 6.45) is 1.77. The molecule has 7 heteroatoms. The van der Waals surface area contributed by atoms with Crippen molar-refractivity contribution in [2.75, 3.05) is 0 Å². The van der Waals surface area contributed by atoms with E-state index in [1.54, 1.807) is 23.0 Å². The Morgan fingerprint density at radius 3 is 2.00 bits per heavy atom. The maximum atomic E-state index is 5.11. The van der Waals surface area contributed by atoms with Crippen molar-refractivity contribution in [3.8, 4) is 0 Å². The molecule has 1 aromatic carbocycles. The molecule has 0 aliphatic heterocycles. The van der Waals surface area contributed by atoms with Crippen LogP contribution in [-0.4, -0.2) is 15.0 Å². The Morgan fingerprint density at radius 1 is 0.947 bits per heavy atom. The molecule has 0 saturated heterocycles. The standard InChI is InChI=1S/C9H4N2S3.C3H3NS/c12-9-13-7-8(14-9)11-6-4-2-1-3-5(6)10-7;1-2-5-3-4-1/h1-4H;1-3H. The van der Waals surface area contributed by atoms with Crippen LogP contribution < -0.4 is 0 Å². The summed E-state index contributed by atoms with van der Waals surface area (Å²) in [5, 5.41) is 1.93. The van der Waals surface area contributed by atoms with Gasteiger partial charge in [0.1, 0.15) is 3.14 Å². The average Bonchev–Trinajstić information content (AvgIpc) is 3.07. The summed E-state index contributed by atoms with van der Waals surface area (Å²) in [6, 6.07) is 7.87. The number of fused-ring (bicyclic) bond motifs is 2. The van der Waals surface area contributed by atoms with E-state index in [0.29, 0.717) is 0 Å². The first-order chi connectivity index (χ1) is 9.33. The number of hydrogen-bond acceptors (Lipinski definition) is 7. The van der Waals surface area contributed by atoms with Gasteiger partial charge in [-0.25, -0.2) is 9.97 Å². The lowest BCUT2D eigenvalue weighted by Crippen LogP contribution is -1.81. The monoisotopic (exact) mass is 321 g/mol. The molecule has 0 spiro atoms. The van der Waals surface area contributed by atoms with E-state index in [2.05, 4.69) is 15.0 Å². The van der Waals surface area contributed by atoms with Crippen molar-refractivity contribution in [2.45, 2.75) is 0 Å². The minimum Gasteiger partial charge on any atom is -0.253 e. The van der Waals surface area contributed by atoms with Gasteiger partial charge in [-0.2, -0.15) is 0 Å². The molecule has 0 bridgehead atoms. The summed E-state index contributed by atoms with van der Waals surface area (Å²) in [4.78, 5) is 14.6. The number of benzene rings is 1. The zero-order valence-corrected chi connectivity index (χ0v) is 12.8. The summed E-state index contributed by atoms with van der Waals surface area (Å²) < 4.78 is 0.885. The molecule has 19 heavy (non-hydrogen) atoms. The van der Waals surface area contributed by atoms with Crippen molar-refractivity contribution < 1.29 is 0 Å². The van der Waals surface area contributed by atoms with E-state index >= 15 is 0 Å². The van der Waals surface area contributed by atoms with Gasteiger partial charge in [0, 0.05) is 11.6 Å². The molecule has 3 nitrogen and oxygen atoms in total. The second kappa shape index (κ2) is 5.79. The molecular weight excluding hydrogens is 314 g/mol. The number of rotatable bonds is 0. The van der Waals surface area contributed by atoms with Crippen molar-refractivity contribution in [1.29, 1.82) is 0 Å². The molecule has 0 aliphatic carbocycles. The van der Waals surface area contributed by atoms with E-state index < -0.39 is 0 Å². The molecule has 3 aromatic heterocycles. The Bertz CT molecular complexity index is 775. The van der Waals surface area contributed by atoms with Gasteiger partial charge in [0.15, 0.2) is 9.66 Å². The van der Waals surface area contributed by atoms with E-state index in [9.17, 15) is 0 Å². The fourth-order valence-electron chi connectivity index (χ4n) is 1.46.